The van der Waals surface area contributed by atoms with Gasteiger partial charge in [-0.05, 0) is 42.5 Å². The van der Waals surface area contributed by atoms with Gasteiger partial charge in [-0.15, -0.1) is 0 Å². The van der Waals surface area contributed by atoms with E-state index in [-0.39, 0.29) is 11.7 Å². The van der Waals surface area contributed by atoms with Crippen LogP contribution in [0.25, 0.3) is 33.5 Å². The molecule has 2 aromatic heterocycles. The molecule has 0 atom stereocenters. The van der Waals surface area contributed by atoms with Crippen molar-refractivity contribution >= 4 is 33.7 Å². The number of rotatable bonds is 3. The Morgan fingerprint density at radius 1 is 0.815 bits per heavy atom. The van der Waals surface area contributed by atoms with Crippen molar-refractivity contribution in [1.29, 1.82) is 0 Å². The number of carbonyl (C=O) groups excluding carboxylic acids is 1. The Morgan fingerprint density at radius 2 is 1.63 bits per heavy atom. The molecule has 1 amide bonds. The highest BCUT2D eigenvalue weighted by Gasteiger charge is 2.14. The Bertz CT molecular complexity index is 1220. The second kappa shape index (κ2) is 6.14. The van der Waals surface area contributed by atoms with Crippen LogP contribution in [0.1, 0.15) is 10.6 Å². The summed E-state index contributed by atoms with van der Waals surface area (Å²) in [5, 5.41) is 3.75. The maximum atomic E-state index is 12.5. The third-order valence-corrected chi connectivity index (χ3v) is 4.31. The number of benzene rings is 3. The van der Waals surface area contributed by atoms with Crippen LogP contribution in [0.4, 0.5) is 5.69 Å². The molecule has 0 spiro atoms. The number of hydrogen-bond donors (Lipinski definition) is 1. The minimum Gasteiger partial charge on any atom is -0.451 e. The van der Waals surface area contributed by atoms with Gasteiger partial charge < -0.3 is 14.2 Å². The summed E-state index contributed by atoms with van der Waals surface area (Å²) in [6.45, 7) is 0. The van der Waals surface area contributed by atoms with Crippen LogP contribution in [0, 0.1) is 0 Å². The third-order valence-electron chi connectivity index (χ3n) is 4.31. The van der Waals surface area contributed by atoms with Gasteiger partial charge >= 0.3 is 0 Å². The summed E-state index contributed by atoms with van der Waals surface area (Å²) in [6.07, 6.45) is 0. The van der Waals surface area contributed by atoms with E-state index in [4.69, 9.17) is 8.83 Å². The average Bonchev–Trinajstić information content (AvgIpc) is 3.32. The van der Waals surface area contributed by atoms with E-state index < -0.39 is 0 Å². The van der Waals surface area contributed by atoms with Gasteiger partial charge in [0.25, 0.3) is 5.91 Å². The molecule has 1 N–H and O–H groups in total. The molecule has 0 aliphatic carbocycles. The normalized spacial score (nSPS) is 11.1. The first-order chi connectivity index (χ1) is 13.3. The van der Waals surface area contributed by atoms with Crippen LogP contribution in [-0.4, -0.2) is 10.9 Å². The molecular weight excluding hydrogens is 340 g/mol. The van der Waals surface area contributed by atoms with Gasteiger partial charge in [-0.25, -0.2) is 4.98 Å². The van der Waals surface area contributed by atoms with Crippen molar-refractivity contribution in [2.45, 2.75) is 0 Å². The fraction of sp³-hybridized carbons (Fsp3) is 0. The molecule has 5 heteroatoms. The van der Waals surface area contributed by atoms with E-state index in [9.17, 15) is 4.79 Å². The lowest BCUT2D eigenvalue weighted by atomic mass is 10.2. The first-order valence-corrected chi connectivity index (χ1v) is 8.52. The number of carbonyl (C=O) groups is 1. The summed E-state index contributed by atoms with van der Waals surface area (Å²) in [5.41, 5.74) is 3.63. The smallest absolute Gasteiger partial charge is 0.291 e. The van der Waals surface area contributed by atoms with E-state index in [0.717, 1.165) is 22.0 Å². The average molecular weight is 354 g/mol. The number of aromatic nitrogens is 1. The molecule has 5 aromatic rings. The number of furan rings is 1. The second-order valence-electron chi connectivity index (χ2n) is 6.17. The lowest BCUT2D eigenvalue weighted by molar-refractivity contribution is 0.0998. The van der Waals surface area contributed by atoms with Crippen LogP contribution >= 0.6 is 0 Å². The van der Waals surface area contributed by atoms with Crippen molar-refractivity contribution in [2.75, 3.05) is 5.32 Å². The standard InChI is InChI=1S/C22H14N2O3/c25-21(20-13-14-6-1-3-10-18(14)26-20)23-16-8-5-7-15(12-16)22-24-17-9-2-4-11-19(17)27-22/h1-13H,(H,23,25). The molecule has 0 aliphatic heterocycles. The van der Waals surface area contributed by atoms with Gasteiger partial charge in [-0.3, -0.25) is 4.79 Å². The van der Waals surface area contributed by atoms with Crippen LogP contribution in [0.2, 0.25) is 0 Å². The molecule has 3 aromatic carbocycles. The van der Waals surface area contributed by atoms with Crippen LogP contribution in [0.5, 0.6) is 0 Å². The lowest BCUT2D eigenvalue weighted by Crippen LogP contribution is -2.10. The number of para-hydroxylation sites is 3. The number of anilines is 1. The molecular formula is C22H14N2O3. The minimum absolute atomic E-state index is 0.267. The summed E-state index contributed by atoms with van der Waals surface area (Å²) in [4.78, 5) is 17.0. The predicted molar refractivity (Wildman–Crippen MR) is 104 cm³/mol. The van der Waals surface area contributed by atoms with Crippen LogP contribution in [0.15, 0.2) is 87.7 Å². The fourth-order valence-electron chi connectivity index (χ4n) is 3.01. The minimum atomic E-state index is -0.305. The van der Waals surface area contributed by atoms with Crippen LogP contribution < -0.4 is 5.32 Å². The predicted octanol–water partition coefficient (Wildman–Crippen LogP) is 5.49. The van der Waals surface area contributed by atoms with Crippen molar-refractivity contribution in [3.8, 4) is 11.5 Å². The van der Waals surface area contributed by atoms with E-state index in [0.29, 0.717) is 17.2 Å². The topological polar surface area (TPSA) is 68.3 Å². The zero-order valence-corrected chi connectivity index (χ0v) is 14.2. The first-order valence-electron chi connectivity index (χ1n) is 8.52. The van der Waals surface area contributed by atoms with E-state index in [1.807, 2.05) is 72.8 Å². The number of oxazole rings is 1. The summed E-state index contributed by atoms with van der Waals surface area (Å²) < 4.78 is 11.4. The van der Waals surface area contributed by atoms with Crippen molar-refractivity contribution in [3.63, 3.8) is 0 Å². The van der Waals surface area contributed by atoms with Crippen molar-refractivity contribution < 1.29 is 13.6 Å². The molecule has 0 fully saturated rings. The number of fused-ring (bicyclic) bond motifs is 2. The number of amides is 1. The second-order valence-corrected chi connectivity index (χ2v) is 6.17. The molecule has 27 heavy (non-hydrogen) atoms. The Hall–Kier alpha value is -3.86. The molecule has 0 saturated heterocycles. The maximum Gasteiger partial charge on any atom is 0.291 e. The highest BCUT2D eigenvalue weighted by molar-refractivity contribution is 6.04. The summed E-state index contributed by atoms with van der Waals surface area (Å²) in [7, 11) is 0. The monoisotopic (exact) mass is 354 g/mol. The summed E-state index contributed by atoms with van der Waals surface area (Å²) >= 11 is 0. The molecule has 0 unspecified atom stereocenters. The molecule has 5 nitrogen and oxygen atoms in total. The molecule has 0 aliphatic rings. The zero-order valence-electron chi connectivity index (χ0n) is 14.2. The number of nitrogens with one attached hydrogen (secondary N) is 1. The Kier molecular flexibility index (Phi) is 3.50. The third kappa shape index (κ3) is 2.85. The van der Waals surface area contributed by atoms with E-state index >= 15 is 0 Å². The number of hydrogen-bond acceptors (Lipinski definition) is 4. The van der Waals surface area contributed by atoms with Gasteiger partial charge in [0.15, 0.2) is 11.3 Å². The highest BCUT2D eigenvalue weighted by Crippen LogP contribution is 2.26. The molecule has 5 rings (SSSR count). The maximum absolute atomic E-state index is 12.5. The largest absolute Gasteiger partial charge is 0.451 e. The Balaban J connectivity index is 1.43. The lowest BCUT2D eigenvalue weighted by Gasteiger charge is -2.04. The first kappa shape index (κ1) is 15.4. The Morgan fingerprint density at radius 3 is 2.48 bits per heavy atom. The molecule has 2 heterocycles. The zero-order chi connectivity index (χ0) is 18.2. The van der Waals surface area contributed by atoms with Gasteiger partial charge in [0.1, 0.15) is 11.1 Å². The van der Waals surface area contributed by atoms with Gasteiger partial charge in [-0.1, -0.05) is 36.4 Å². The summed E-state index contributed by atoms with van der Waals surface area (Å²) in [6, 6.07) is 24.2. The van der Waals surface area contributed by atoms with Crippen molar-refractivity contribution in [1.82, 2.24) is 4.98 Å². The van der Waals surface area contributed by atoms with Gasteiger partial charge in [-0.2, -0.15) is 0 Å². The van der Waals surface area contributed by atoms with Crippen LogP contribution in [0.3, 0.4) is 0 Å². The Labute approximate surface area is 154 Å². The van der Waals surface area contributed by atoms with Gasteiger partial charge in [0, 0.05) is 16.6 Å². The van der Waals surface area contributed by atoms with Crippen molar-refractivity contribution in [2.24, 2.45) is 0 Å². The van der Waals surface area contributed by atoms with E-state index in [1.54, 1.807) is 6.07 Å². The van der Waals surface area contributed by atoms with E-state index in [1.165, 1.54) is 0 Å². The summed E-state index contributed by atoms with van der Waals surface area (Å²) in [5.74, 6) is 0.473. The number of nitrogens with zero attached hydrogens (tertiary/aromatic N) is 1. The van der Waals surface area contributed by atoms with Gasteiger partial charge in [0.2, 0.25) is 5.89 Å². The van der Waals surface area contributed by atoms with E-state index in [2.05, 4.69) is 10.3 Å². The SMILES string of the molecule is O=C(Nc1cccc(-c2nc3ccccc3o2)c1)c1cc2ccccc2o1. The van der Waals surface area contributed by atoms with Crippen LogP contribution in [-0.2, 0) is 0 Å². The van der Waals surface area contributed by atoms with Crippen molar-refractivity contribution in [3.05, 3.63) is 84.6 Å². The fourth-order valence-corrected chi connectivity index (χ4v) is 3.01. The molecule has 0 saturated carbocycles. The quantitative estimate of drug-likeness (QED) is 0.465. The molecule has 130 valence electrons. The van der Waals surface area contributed by atoms with Gasteiger partial charge in [0.05, 0.1) is 0 Å². The molecule has 0 radical (unpaired) electrons. The molecule has 0 bridgehead atoms. The highest BCUT2D eigenvalue weighted by atomic mass is 16.4.